The first kappa shape index (κ1) is 26.9. The van der Waals surface area contributed by atoms with Crippen LogP contribution in [0.3, 0.4) is 0 Å². The van der Waals surface area contributed by atoms with E-state index in [4.69, 9.17) is 25.8 Å². The van der Waals surface area contributed by atoms with Crippen LogP contribution in [-0.4, -0.2) is 34.0 Å². The van der Waals surface area contributed by atoms with Gasteiger partial charge >= 0.3 is 0 Å². The number of carbonyl (C=O) groups excluding carboxylic acids is 1. The number of ether oxygens (including phenoxy) is 3. The van der Waals surface area contributed by atoms with E-state index in [1.165, 1.54) is 10.9 Å². The average molecular weight is 582 g/mol. The fourth-order valence-corrected chi connectivity index (χ4v) is 4.51. The van der Waals surface area contributed by atoms with Gasteiger partial charge in [-0.1, -0.05) is 29.8 Å². The lowest BCUT2D eigenvalue weighted by Gasteiger charge is -2.15. The molecule has 0 atom stereocenters. The third kappa shape index (κ3) is 6.03. The van der Waals surface area contributed by atoms with Crippen LogP contribution in [0.1, 0.15) is 16.1 Å². The Morgan fingerprint density at radius 2 is 1.86 bits per heavy atom. The van der Waals surface area contributed by atoms with Crippen LogP contribution in [-0.2, 0) is 6.42 Å². The van der Waals surface area contributed by atoms with Crippen molar-refractivity contribution in [2.24, 2.45) is 0 Å². The molecule has 1 aliphatic heterocycles. The van der Waals surface area contributed by atoms with Crippen LogP contribution in [0, 0.1) is 0 Å². The molecule has 6 rings (SSSR count). The molecule has 3 heterocycles. The first-order chi connectivity index (χ1) is 20.5. The summed E-state index contributed by atoms with van der Waals surface area (Å²) in [6.45, 7) is 0.547. The Balaban J connectivity index is 1.28. The highest BCUT2D eigenvalue weighted by Gasteiger charge is 2.19. The van der Waals surface area contributed by atoms with Crippen molar-refractivity contribution in [2.45, 2.75) is 6.42 Å². The Labute approximate surface area is 245 Å². The van der Waals surface area contributed by atoms with E-state index in [0.717, 1.165) is 5.69 Å². The monoisotopic (exact) mass is 581 g/mol. The second kappa shape index (κ2) is 12.0. The number of amides is 1. The summed E-state index contributed by atoms with van der Waals surface area (Å²) in [4.78, 5) is 30.9. The predicted octanol–water partition coefficient (Wildman–Crippen LogP) is 5.52. The molecule has 10 nitrogen and oxygen atoms in total. The third-order valence-electron chi connectivity index (χ3n) is 6.35. The average Bonchev–Trinajstić information content (AvgIpc) is 3.48. The summed E-state index contributed by atoms with van der Waals surface area (Å²) in [5.74, 6) is 1.47. The van der Waals surface area contributed by atoms with E-state index in [-0.39, 0.29) is 24.1 Å². The van der Waals surface area contributed by atoms with E-state index >= 15 is 0 Å². The highest BCUT2D eigenvalue weighted by Crippen LogP contribution is 2.37. The Morgan fingerprint density at radius 1 is 0.976 bits per heavy atom. The van der Waals surface area contributed by atoms with Crippen molar-refractivity contribution in [3.63, 3.8) is 0 Å². The summed E-state index contributed by atoms with van der Waals surface area (Å²) in [6, 6.07) is 24.4. The normalized spacial score (nSPS) is 11.6. The summed E-state index contributed by atoms with van der Waals surface area (Å²) in [7, 11) is 0. The van der Waals surface area contributed by atoms with Gasteiger partial charge < -0.3 is 24.8 Å². The minimum Gasteiger partial charge on any atom is -0.454 e. The van der Waals surface area contributed by atoms with E-state index in [2.05, 4.69) is 20.7 Å². The van der Waals surface area contributed by atoms with E-state index < -0.39 is 5.56 Å². The molecule has 11 heteroatoms. The number of benzene rings is 3. The number of hydrogen-bond acceptors (Lipinski definition) is 8. The number of fused-ring (bicyclic) bond motifs is 1. The van der Waals surface area contributed by atoms with E-state index in [9.17, 15) is 9.59 Å². The molecule has 5 aromatic rings. The second-order valence-corrected chi connectivity index (χ2v) is 9.67. The Kier molecular flexibility index (Phi) is 7.69. The number of hydrogen-bond donors (Lipinski definition) is 2. The maximum atomic E-state index is 13.8. The molecule has 2 N–H and O–H groups in total. The molecule has 2 aromatic heterocycles. The number of halogens is 1. The van der Waals surface area contributed by atoms with Crippen molar-refractivity contribution < 1.29 is 19.0 Å². The minimum absolute atomic E-state index is 0.107. The van der Waals surface area contributed by atoms with Crippen molar-refractivity contribution in [2.75, 3.05) is 18.7 Å². The fourth-order valence-electron chi connectivity index (χ4n) is 4.32. The van der Waals surface area contributed by atoms with Crippen LogP contribution >= 0.6 is 11.6 Å². The van der Waals surface area contributed by atoms with Crippen LogP contribution in [0.2, 0.25) is 5.02 Å². The number of rotatable bonds is 9. The quantitative estimate of drug-likeness (QED) is 0.234. The predicted molar refractivity (Wildman–Crippen MR) is 157 cm³/mol. The van der Waals surface area contributed by atoms with Gasteiger partial charge in [0.2, 0.25) is 6.79 Å². The topological polar surface area (TPSA) is 117 Å². The highest BCUT2D eigenvalue weighted by atomic mass is 35.5. The maximum Gasteiger partial charge on any atom is 0.299 e. The van der Waals surface area contributed by atoms with Crippen LogP contribution < -0.4 is 30.4 Å². The van der Waals surface area contributed by atoms with E-state index in [1.807, 2.05) is 18.2 Å². The molecule has 0 spiro atoms. The standard InChI is InChI=1S/C31H24ClN5O5/c32-21-6-4-9-24(16-21)37-31(39)29(28(18-35-37)42-25-10-11-26-27(17-25)41-19-40-26)36-23-8-3-5-20(15-23)30(38)34-14-12-22-7-1-2-13-33-22/h1-11,13,15-18,36H,12,14,19H2,(H,34,38). The first-order valence-electron chi connectivity index (χ1n) is 13.0. The largest absolute Gasteiger partial charge is 0.454 e. The SMILES string of the molecule is O=C(NCCc1ccccn1)c1cccc(Nc2c(Oc3ccc4c(c3)OCO4)cnn(-c3cccc(Cl)c3)c2=O)c1. The van der Waals surface area contributed by atoms with E-state index in [1.54, 1.807) is 72.9 Å². The van der Waals surface area contributed by atoms with Crippen LogP contribution in [0.4, 0.5) is 11.4 Å². The first-order valence-corrected chi connectivity index (χ1v) is 13.4. The molecule has 0 saturated carbocycles. The number of anilines is 2. The molecule has 0 bridgehead atoms. The molecular weight excluding hydrogens is 558 g/mol. The van der Waals surface area contributed by atoms with Crippen LogP contribution in [0.5, 0.6) is 23.0 Å². The van der Waals surface area contributed by atoms with Crippen LogP contribution in [0.25, 0.3) is 5.69 Å². The van der Waals surface area contributed by atoms with Gasteiger partial charge in [0.05, 0.1) is 11.9 Å². The van der Waals surface area contributed by atoms with Crippen molar-refractivity contribution in [3.8, 4) is 28.7 Å². The molecule has 1 aliphatic rings. The highest BCUT2D eigenvalue weighted by molar-refractivity contribution is 6.30. The summed E-state index contributed by atoms with van der Waals surface area (Å²) >= 11 is 6.17. The maximum absolute atomic E-state index is 13.8. The van der Waals surface area contributed by atoms with E-state index in [0.29, 0.717) is 52.2 Å². The molecule has 3 aromatic carbocycles. The summed E-state index contributed by atoms with van der Waals surface area (Å²) in [5, 5.41) is 10.8. The lowest BCUT2D eigenvalue weighted by molar-refractivity contribution is 0.0954. The van der Waals surface area contributed by atoms with Gasteiger partial charge in [0, 0.05) is 47.2 Å². The molecule has 210 valence electrons. The molecule has 0 radical (unpaired) electrons. The van der Waals surface area contributed by atoms with Gasteiger partial charge in [0.25, 0.3) is 11.5 Å². The summed E-state index contributed by atoms with van der Waals surface area (Å²) in [6.07, 6.45) is 3.75. The van der Waals surface area contributed by atoms with Crippen molar-refractivity contribution >= 4 is 28.9 Å². The number of carbonyl (C=O) groups is 1. The Morgan fingerprint density at radius 3 is 2.71 bits per heavy atom. The Bertz CT molecular complexity index is 1810. The fraction of sp³-hybridized carbons (Fsp3) is 0.0968. The zero-order chi connectivity index (χ0) is 28.9. The molecule has 0 aliphatic carbocycles. The third-order valence-corrected chi connectivity index (χ3v) is 6.59. The van der Waals surface area contributed by atoms with Crippen LogP contribution in [0.15, 0.2) is 102 Å². The zero-order valence-electron chi connectivity index (χ0n) is 22.1. The Hall–Kier alpha value is -5.35. The van der Waals surface area contributed by atoms with Gasteiger partial charge in [-0.25, -0.2) is 0 Å². The number of pyridine rings is 1. The van der Waals surface area contributed by atoms with Gasteiger partial charge in [-0.2, -0.15) is 9.78 Å². The second-order valence-electron chi connectivity index (χ2n) is 9.23. The number of nitrogens with zero attached hydrogens (tertiary/aromatic N) is 3. The minimum atomic E-state index is -0.485. The lowest BCUT2D eigenvalue weighted by Crippen LogP contribution is -2.26. The molecule has 1 amide bonds. The smallest absolute Gasteiger partial charge is 0.299 e. The van der Waals surface area contributed by atoms with Crippen molar-refractivity contribution in [3.05, 3.63) is 124 Å². The van der Waals surface area contributed by atoms with Gasteiger partial charge in [-0.3, -0.25) is 14.6 Å². The lowest BCUT2D eigenvalue weighted by atomic mass is 10.1. The molecular formula is C31H24ClN5O5. The van der Waals surface area contributed by atoms with Gasteiger partial charge in [0.15, 0.2) is 22.9 Å². The zero-order valence-corrected chi connectivity index (χ0v) is 22.9. The molecule has 42 heavy (non-hydrogen) atoms. The molecule has 0 unspecified atom stereocenters. The van der Waals surface area contributed by atoms with Crippen molar-refractivity contribution in [1.29, 1.82) is 0 Å². The van der Waals surface area contributed by atoms with Gasteiger partial charge in [-0.15, -0.1) is 0 Å². The summed E-state index contributed by atoms with van der Waals surface area (Å²) in [5.41, 5.74) is 1.91. The number of nitrogens with one attached hydrogen (secondary N) is 2. The molecule has 0 saturated heterocycles. The molecule has 0 fully saturated rings. The summed E-state index contributed by atoms with van der Waals surface area (Å²) < 4.78 is 18.1. The van der Waals surface area contributed by atoms with Gasteiger partial charge in [-0.05, 0) is 60.7 Å². The van der Waals surface area contributed by atoms with Gasteiger partial charge in [0.1, 0.15) is 5.75 Å². The van der Waals surface area contributed by atoms with Crippen molar-refractivity contribution in [1.82, 2.24) is 20.1 Å². The number of aromatic nitrogens is 3.